The Morgan fingerprint density at radius 1 is 1.41 bits per heavy atom. The van der Waals surface area contributed by atoms with E-state index in [2.05, 4.69) is 10.6 Å². The molecule has 120 valence electrons. The molecule has 3 rings (SSSR count). The fraction of sp³-hybridized carbons (Fsp3) is 0.588. The van der Waals surface area contributed by atoms with Crippen LogP contribution in [0.5, 0.6) is 0 Å². The van der Waals surface area contributed by atoms with Gasteiger partial charge in [0.25, 0.3) is 0 Å². The lowest BCUT2D eigenvalue weighted by atomic mass is 9.85. The fourth-order valence-corrected chi connectivity index (χ4v) is 3.67. The van der Waals surface area contributed by atoms with Gasteiger partial charge >= 0.3 is 0 Å². The average molecular weight is 306 g/mol. The van der Waals surface area contributed by atoms with E-state index in [1.165, 1.54) is 31.4 Å². The third kappa shape index (κ3) is 3.47. The summed E-state index contributed by atoms with van der Waals surface area (Å²) >= 11 is 0. The third-order valence-corrected chi connectivity index (χ3v) is 4.88. The number of nitrogens with one attached hydrogen (secondary N) is 2. The van der Waals surface area contributed by atoms with Gasteiger partial charge in [-0.15, -0.1) is 0 Å². The molecule has 0 radical (unpaired) electrons. The molecular weight excluding hydrogens is 283 g/mol. The number of aliphatic hydroxyl groups is 1. The number of rotatable bonds is 4. The van der Waals surface area contributed by atoms with E-state index in [0.29, 0.717) is 17.5 Å². The molecule has 0 aromatic heterocycles. The van der Waals surface area contributed by atoms with Gasteiger partial charge in [-0.25, -0.2) is 4.39 Å². The van der Waals surface area contributed by atoms with E-state index in [9.17, 15) is 14.3 Å². The fourth-order valence-electron chi connectivity index (χ4n) is 3.67. The molecule has 1 aliphatic heterocycles. The molecule has 1 aromatic rings. The summed E-state index contributed by atoms with van der Waals surface area (Å²) in [6.45, 7) is 0.107. The lowest BCUT2D eigenvalue weighted by Gasteiger charge is -2.24. The van der Waals surface area contributed by atoms with Crippen LogP contribution in [0.2, 0.25) is 0 Å². The molecule has 22 heavy (non-hydrogen) atoms. The van der Waals surface area contributed by atoms with Gasteiger partial charge in [-0.3, -0.25) is 4.79 Å². The molecule has 5 heteroatoms. The summed E-state index contributed by atoms with van der Waals surface area (Å²) in [5, 5.41) is 16.2. The van der Waals surface area contributed by atoms with Gasteiger partial charge in [0, 0.05) is 12.6 Å². The van der Waals surface area contributed by atoms with E-state index in [1.54, 1.807) is 12.1 Å². The summed E-state index contributed by atoms with van der Waals surface area (Å²) in [6.07, 6.45) is 4.85. The van der Waals surface area contributed by atoms with Crippen LogP contribution in [0.4, 0.5) is 4.39 Å². The lowest BCUT2D eigenvalue weighted by Crippen LogP contribution is -2.44. The first kappa shape index (κ1) is 15.4. The molecule has 3 N–H and O–H groups in total. The highest BCUT2D eigenvalue weighted by atomic mass is 19.1. The van der Waals surface area contributed by atoms with Crippen molar-refractivity contribution in [1.29, 1.82) is 0 Å². The Kier molecular flexibility index (Phi) is 4.74. The molecule has 1 aliphatic carbocycles. The van der Waals surface area contributed by atoms with Gasteiger partial charge in [-0.2, -0.15) is 0 Å². The first-order chi connectivity index (χ1) is 10.6. The number of halogens is 1. The van der Waals surface area contributed by atoms with E-state index in [-0.39, 0.29) is 24.3 Å². The van der Waals surface area contributed by atoms with Crippen LogP contribution in [0.1, 0.15) is 43.8 Å². The molecule has 2 aliphatic rings. The molecule has 1 amide bonds. The Bertz CT molecular complexity index is 523. The van der Waals surface area contributed by atoms with Gasteiger partial charge in [0.15, 0.2) is 0 Å². The van der Waals surface area contributed by atoms with Crippen molar-refractivity contribution < 1.29 is 14.3 Å². The van der Waals surface area contributed by atoms with Gasteiger partial charge in [0.1, 0.15) is 5.82 Å². The number of hydrogen-bond donors (Lipinski definition) is 3. The number of aliphatic hydroxyl groups excluding tert-OH is 1. The number of carbonyl (C=O) groups is 1. The van der Waals surface area contributed by atoms with Crippen LogP contribution in [0.15, 0.2) is 24.3 Å². The Morgan fingerprint density at radius 3 is 3.00 bits per heavy atom. The minimum absolute atomic E-state index is 0.0650. The molecule has 1 aromatic carbocycles. The van der Waals surface area contributed by atoms with E-state index >= 15 is 0 Å². The summed E-state index contributed by atoms with van der Waals surface area (Å²) < 4.78 is 13.1. The summed E-state index contributed by atoms with van der Waals surface area (Å²) in [5.41, 5.74) is 0.480. The van der Waals surface area contributed by atoms with Crippen molar-refractivity contribution in [2.75, 3.05) is 6.54 Å². The largest absolute Gasteiger partial charge is 0.387 e. The van der Waals surface area contributed by atoms with Gasteiger partial charge in [0.05, 0.1) is 12.1 Å². The Morgan fingerprint density at radius 2 is 2.23 bits per heavy atom. The molecule has 1 saturated carbocycles. The lowest BCUT2D eigenvalue weighted by molar-refractivity contribution is -0.123. The number of hydrogen-bond acceptors (Lipinski definition) is 3. The quantitative estimate of drug-likeness (QED) is 0.796. The zero-order chi connectivity index (χ0) is 15.5. The molecule has 1 saturated heterocycles. The number of carbonyl (C=O) groups excluding carboxylic acids is 1. The van der Waals surface area contributed by atoms with Gasteiger partial charge in [-0.1, -0.05) is 25.0 Å². The van der Waals surface area contributed by atoms with Crippen molar-refractivity contribution >= 4 is 5.91 Å². The summed E-state index contributed by atoms with van der Waals surface area (Å²) in [5.74, 6) is 0.159. The van der Waals surface area contributed by atoms with E-state index in [4.69, 9.17) is 0 Å². The molecule has 0 bridgehead atoms. The average Bonchev–Trinajstić information content (AvgIpc) is 2.96. The van der Waals surface area contributed by atoms with Crippen LogP contribution in [0.25, 0.3) is 0 Å². The maximum atomic E-state index is 13.1. The highest BCUT2D eigenvalue weighted by molar-refractivity contribution is 5.82. The highest BCUT2D eigenvalue weighted by Crippen LogP contribution is 2.33. The molecular formula is C17H23FN2O2. The predicted molar refractivity (Wildman–Crippen MR) is 81.7 cm³/mol. The number of fused-ring (bicyclic) bond motifs is 1. The normalized spacial score (nSPS) is 28.9. The third-order valence-electron chi connectivity index (χ3n) is 4.88. The van der Waals surface area contributed by atoms with Crippen molar-refractivity contribution in [1.82, 2.24) is 10.6 Å². The van der Waals surface area contributed by atoms with Crippen LogP contribution < -0.4 is 10.6 Å². The Hall–Kier alpha value is -1.46. The first-order valence-electron chi connectivity index (χ1n) is 8.11. The van der Waals surface area contributed by atoms with Crippen LogP contribution in [-0.2, 0) is 4.79 Å². The molecule has 0 spiro atoms. The van der Waals surface area contributed by atoms with E-state index in [1.807, 2.05) is 0 Å². The second-order valence-corrected chi connectivity index (χ2v) is 6.42. The highest BCUT2D eigenvalue weighted by Gasteiger charge is 2.38. The monoisotopic (exact) mass is 306 g/mol. The maximum absolute atomic E-state index is 13.1. The van der Waals surface area contributed by atoms with Crippen LogP contribution >= 0.6 is 0 Å². The summed E-state index contributed by atoms with van der Waals surface area (Å²) in [7, 11) is 0. The van der Waals surface area contributed by atoms with Crippen molar-refractivity contribution in [2.45, 2.75) is 50.3 Å². The SMILES string of the molecule is O=C(NCC(O)c1cccc(F)c1)C1CC2CCCCC2N1. The van der Waals surface area contributed by atoms with Gasteiger partial charge < -0.3 is 15.7 Å². The zero-order valence-corrected chi connectivity index (χ0v) is 12.6. The number of amides is 1. The van der Waals surface area contributed by atoms with Crippen molar-refractivity contribution in [3.63, 3.8) is 0 Å². The topological polar surface area (TPSA) is 61.4 Å². The van der Waals surface area contributed by atoms with E-state index in [0.717, 1.165) is 12.8 Å². The first-order valence-corrected chi connectivity index (χ1v) is 8.11. The van der Waals surface area contributed by atoms with Gasteiger partial charge in [0.2, 0.25) is 5.91 Å². The maximum Gasteiger partial charge on any atom is 0.237 e. The minimum atomic E-state index is -0.886. The molecule has 4 nitrogen and oxygen atoms in total. The minimum Gasteiger partial charge on any atom is -0.387 e. The second-order valence-electron chi connectivity index (χ2n) is 6.42. The number of benzene rings is 1. The summed E-state index contributed by atoms with van der Waals surface area (Å²) in [4.78, 5) is 12.2. The van der Waals surface area contributed by atoms with Crippen LogP contribution in [-0.4, -0.2) is 29.6 Å². The molecule has 4 atom stereocenters. The zero-order valence-electron chi connectivity index (χ0n) is 12.6. The van der Waals surface area contributed by atoms with Crippen molar-refractivity contribution in [2.24, 2.45) is 5.92 Å². The standard InChI is InChI=1S/C17H23FN2O2/c18-13-6-3-5-12(8-13)16(21)10-19-17(22)15-9-11-4-1-2-7-14(11)20-15/h3,5-6,8,11,14-16,20-21H,1-2,4,7,9-10H2,(H,19,22). The van der Waals surface area contributed by atoms with Crippen LogP contribution in [0, 0.1) is 11.7 Å². The molecule has 2 fully saturated rings. The molecule has 4 unspecified atom stereocenters. The van der Waals surface area contributed by atoms with E-state index < -0.39 is 6.10 Å². The van der Waals surface area contributed by atoms with Gasteiger partial charge in [-0.05, 0) is 42.9 Å². The summed E-state index contributed by atoms with van der Waals surface area (Å²) in [6, 6.07) is 6.14. The van der Waals surface area contributed by atoms with Crippen molar-refractivity contribution in [3.05, 3.63) is 35.6 Å². The molecule has 1 heterocycles. The Balaban J connectivity index is 1.50. The Labute approximate surface area is 130 Å². The second kappa shape index (κ2) is 6.75. The predicted octanol–water partition coefficient (Wildman–Crippen LogP) is 1.90. The van der Waals surface area contributed by atoms with Crippen LogP contribution in [0.3, 0.4) is 0 Å². The van der Waals surface area contributed by atoms with Crippen molar-refractivity contribution in [3.8, 4) is 0 Å². The smallest absolute Gasteiger partial charge is 0.237 e.